The quantitative estimate of drug-likeness (QED) is 0.611. The largest absolute Gasteiger partial charge is 0.310 e. The third-order valence-corrected chi connectivity index (χ3v) is 6.04. The van der Waals surface area contributed by atoms with Crippen LogP contribution in [0.3, 0.4) is 0 Å². The molecule has 0 N–H and O–H groups in total. The molecule has 0 unspecified atom stereocenters. The Labute approximate surface area is 139 Å². The number of hydrogen-bond acceptors (Lipinski definition) is 3. The standard InChI is InChI=1S/C19H18N2O3/c22-15(20-8-7-11-3-1-2-4-14(11)20)10-21-18(23)16-12-5-6-13(9-12)17(16)19(21)24/h1-6,12-13,16-17H,7-10H2/t12-,13+,16-,17+. The van der Waals surface area contributed by atoms with Crippen molar-refractivity contribution in [3.8, 4) is 0 Å². The van der Waals surface area contributed by atoms with Crippen LogP contribution in [0, 0.1) is 23.7 Å². The van der Waals surface area contributed by atoms with Crippen molar-refractivity contribution in [2.45, 2.75) is 12.8 Å². The SMILES string of the molecule is O=C1[C@@H]2[C@H](C(=O)N1CC(=O)N1CCc3ccccc31)[C@@H]1C=C[C@H]2C1. The topological polar surface area (TPSA) is 57.7 Å². The van der Waals surface area contributed by atoms with Crippen molar-refractivity contribution in [1.29, 1.82) is 0 Å². The predicted octanol–water partition coefficient (Wildman–Crippen LogP) is 1.38. The van der Waals surface area contributed by atoms with Crippen molar-refractivity contribution in [2.75, 3.05) is 18.0 Å². The number of benzene rings is 1. The lowest BCUT2D eigenvalue weighted by molar-refractivity contribution is -0.143. The van der Waals surface area contributed by atoms with Crippen LogP contribution < -0.4 is 4.90 Å². The summed E-state index contributed by atoms with van der Waals surface area (Å²) in [5.74, 6) is -0.558. The highest BCUT2D eigenvalue weighted by Gasteiger charge is 2.59. The fourth-order valence-corrected chi connectivity index (χ4v) is 4.94. The second kappa shape index (κ2) is 4.79. The van der Waals surface area contributed by atoms with Crippen LogP contribution in [0.25, 0.3) is 0 Å². The first-order valence-corrected chi connectivity index (χ1v) is 8.57. The Morgan fingerprint density at radius 1 is 1.04 bits per heavy atom. The lowest BCUT2D eigenvalue weighted by Crippen LogP contribution is -2.43. The van der Waals surface area contributed by atoms with Gasteiger partial charge >= 0.3 is 0 Å². The molecule has 2 heterocycles. The molecule has 2 aliphatic heterocycles. The molecule has 3 amide bonds. The first-order valence-electron chi connectivity index (χ1n) is 8.57. The van der Waals surface area contributed by atoms with E-state index < -0.39 is 0 Å². The van der Waals surface area contributed by atoms with Gasteiger partial charge in [-0.15, -0.1) is 0 Å². The number of para-hydroxylation sites is 1. The fourth-order valence-electron chi connectivity index (χ4n) is 4.94. The minimum atomic E-state index is -0.230. The van der Waals surface area contributed by atoms with Gasteiger partial charge in [-0.05, 0) is 36.3 Å². The maximum atomic E-state index is 12.7. The van der Waals surface area contributed by atoms with Gasteiger partial charge in [0.25, 0.3) is 0 Å². The van der Waals surface area contributed by atoms with Crippen LogP contribution in [0.15, 0.2) is 36.4 Å². The van der Waals surface area contributed by atoms with Gasteiger partial charge in [-0.3, -0.25) is 19.3 Å². The number of anilines is 1. The maximum Gasteiger partial charge on any atom is 0.247 e. The second-order valence-corrected chi connectivity index (χ2v) is 7.19. The number of carbonyl (C=O) groups is 3. The summed E-state index contributed by atoms with van der Waals surface area (Å²) in [6.45, 7) is 0.493. The minimum absolute atomic E-state index is 0.127. The Morgan fingerprint density at radius 3 is 2.42 bits per heavy atom. The van der Waals surface area contributed by atoms with E-state index in [4.69, 9.17) is 0 Å². The molecule has 1 saturated carbocycles. The molecule has 4 atom stereocenters. The van der Waals surface area contributed by atoms with E-state index >= 15 is 0 Å². The van der Waals surface area contributed by atoms with Crippen molar-refractivity contribution in [3.63, 3.8) is 0 Å². The number of fused-ring (bicyclic) bond motifs is 6. The van der Waals surface area contributed by atoms with Gasteiger partial charge in [0.1, 0.15) is 6.54 Å². The molecule has 5 nitrogen and oxygen atoms in total. The van der Waals surface area contributed by atoms with Crippen molar-refractivity contribution >= 4 is 23.4 Å². The van der Waals surface area contributed by atoms with Crippen molar-refractivity contribution < 1.29 is 14.4 Å². The van der Waals surface area contributed by atoms with Crippen LogP contribution in [0.1, 0.15) is 12.0 Å². The van der Waals surface area contributed by atoms with Crippen molar-refractivity contribution in [3.05, 3.63) is 42.0 Å². The number of carbonyl (C=O) groups excluding carboxylic acids is 3. The molecule has 0 radical (unpaired) electrons. The summed E-state index contributed by atoms with van der Waals surface area (Å²) in [6.07, 6.45) is 5.87. The van der Waals surface area contributed by atoms with Gasteiger partial charge in [0.05, 0.1) is 11.8 Å². The van der Waals surface area contributed by atoms with Crippen LogP contribution >= 0.6 is 0 Å². The molecule has 0 aromatic heterocycles. The number of likely N-dealkylation sites (tertiary alicyclic amines) is 1. The van der Waals surface area contributed by atoms with Gasteiger partial charge in [-0.2, -0.15) is 0 Å². The highest BCUT2D eigenvalue weighted by Crippen LogP contribution is 2.52. The van der Waals surface area contributed by atoms with Gasteiger partial charge in [0.2, 0.25) is 17.7 Å². The van der Waals surface area contributed by atoms with Gasteiger partial charge in [-0.1, -0.05) is 30.4 Å². The van der Waals surface area contributed by atoms with Crippen molar-refractivity contribution in [2.24, 2.45) is 23.7 Å². The van der Waals surface area contributed by atoms with E-state index in [2.05, 4.69) is 12.2 Å². The summed E-state index contributed by atoms with van der Waals surface area (Å²) in [6, 6.07) is 7.81. The summed E-state index contributed by atoms with van der Waals surface area (Å²) < 4.78 is 0. The average molecular weight is 322 g/mol. The summed E-state index contributed by atoms with van der Waals surface area (Å²) >= 11 is 0. The van der Waals surface area contributed by atoms with E-state index in [-0.39, 0.29) is 47.9 Å². The van der Waals surface area contributed by atoms with E-state index in [1.165, 1.54) is 4.90 Å². The fraction of sp³-hybridized carbons (Fsp3) is 0.421. The molecular formula is C19H18N2O3. The normalized spacial score (nSPS) is 32.7. The second-order valence-electron chi connectivity index (χ2n) is 7.19. The lowest BCUT2D eigenvalue weighted by atomic mass is 9.85. The monoisotopic (exact) mass is 322 g/mol. The van der Waals surface area contributed by atoms with Crippen LogP contribution in [-0.4, -0.2) is 35.7 Å². The number of hydrogen-bond donors (Lipinski definition) is 0. The number of nitrogens with zero attached hydrogens (tertiary/aromatic N) is 2. The third-order valence-electron chi connectivity index (χ3n) is 6.04. The molecule has 4 aliphatic rings. The molecule has 122 valence electrons. The summed E-state index contributed by atoms with van der Waals surface area (Å²) in [4.78, 5) is 41.0. The molecule has 5 heteroatoms. The molecule has 2 bridgehead atoms. The van der Waals surface area contributed by atoms with E-state index in [0.717, 1.165) is 24.1 Å². The highest BCUT2D eigenvalue weighted by atomic mass is 16.2. The summed E-state index contributed by atoms with van der Waals surface area (Å²) in [7, 11) is 0. The number of amides is 3. The van der Waals surface area contributed by atoms with Crippen molar-refractivity contribution in [1.82, 2.24) is 4.90 Å². The molecule has 1 aromatic carbocycles. The van der Waals surface area contributed by atoms with E-state index in [1.807, 2.05) is 24.3 Å². The van der Waals surface area contributed by atoms with Crippen LogP contribution in [0.4, 0.5) is 5.69 Å². The molecule has 1 saturated heterocycles. The van der Waals surface area contributed by atoms with E-state index in [9.17, 15) is 14.4 Å². The first-order chi connectivity index (χ1) is 11.6. The molecule has 0 spiro atoms. The number of rotatable bonds is 2. The van der Waals surface area contributed by atoms with E-state index in [0.29, 0.717) is 6.54 Å². The molecule has 2 fully saturated rings. The molecule has 24 heavy (non-hydrogen) atoms. The molecule has 1 aromatic rings. The predicted molar refractivity (Wildman–Crippen MR) is 86.9 cm³/mol. The van der Waals surface area contributed by atoms with Gasteiger partial charge in [0.15, 0.2) is 0 Å². The zero-order valence-electron chi connectivity index (χ0n) is 13.2. The zero-order valence-corrected chi connectivity index (χ0v) is 13.2. The Hall–Kier alpha value is -2.43. The molecule has 2 aliphatic carbocycles. The summed E-state index contributed by atoms with van der Waals surface area (Å²) in [5.41, 5.74) is 2.05. The highest BCUT2D eigenvalue weighted by molar-refractivity contribution is 6.10. The number of imide groups is 1. The van der Waals surface area contributed by atoms with Gasteiger partial charge in [-0.25, -0.2) is 0 Å². The van der Waals surface area contributed by atoms with Gasteiger partial charge < -0.3 is 4.90 Å². The molecule has 5 rings (SSSR count). The third kappa shape index (κ3) is 1.72. The van der Waals surface area contributed by atoms with Gasteiger partial charge in [0, 0.05) is 12.2 Å². The Kier molecular flexibility index (Phi) is 2.78. The zero-order chi connectivity index (χ0) is 16.4. The van der Waals surface area contributed by atoms with Crippen LogP contribution in [0.5, 0.6) is 0 Å². The van der Waals surface area contributed by atoms with E-state index in [1.54, 1.807) is 4.90 Å². The van der Waals surface area contributed by atoms with Crippen LogP contribution in [0.2, 0.25) is 0 Å². The average Bonchev–Trinajstić information content (AvgIpc) is 3.33. The maximum absolute atomic E-state index is 12.7. The smallest absolute Gasteiger partial charge is 0.247 e. The molecular weight excluding hydrogens is 304 g/mol. The van der Waals surface area contributed by atoms with Crippen LogP contribution in [-0.2, 0) is 20.8 Å². The number of allylic oxidation sites excluding steroid dienone is 2. The first kappa shape index (κ1) is 14.0. The Morgan fingerprint density at radius 2 is 1.71 bits per heavy atom. The Bertz CT molecular complexity index is 770. The lowest BCUT2D eigenvalue weighted by Gasteiger charge is -2.22. The Balaban J connectivity index is 1.37. The summed E-state index contributed by atoms with van der Waals surface area (Å²) in [5, 5.41) is 0. The minimum Gasteiger partial charge on any atom is -0.310 e.